The number of hydrogen-bond acceptors (Lipinski definition) is 4. The Hall–Kier alpha value is -0.430. The predicted molar refractivity (Wildman–Crippen MR) is 102 cm³/mol. The minimum atomic E-state index is -3.35. The van der Waals surface area contributed by atoms with Gasteiger partial charge in [0.1, 0.15) is 4.21 Å². The standard InChI is InChI=1S/C19H30N2O2S2/c1-2-3-9-17-16-8-5-12-20-11-4-7-15(19(16)20)14-21(17)25(22,23)18-10-6-13-24-18/h6,10,13,15-17,19H,2-5,7-9,11-12,14H2,1H3/t15-,16+,17+,19-/m0/s1. The van der Waals surface area contributed by atoms with E-state index < -0.39 is 10.0 Å². The van der Waals surface area contributed by atoms with E-state index in [1.54, 1.807) is 6.07 Å². The summed E-state index contributed by atoms with van der Waals surface area (Å²) >= 11 is 1.36. The first-order valence-corrected chi connectivity index (χ1v) is 12.2. The molecule has 4 atom stereocenters. The lowest BCUT2D eigenvalue weighted by Crippen LogP contribution is -2.65. The second-order valence-electron chi connectivity index (χ2n) is 7.95. The molecule has 0 unspecified atom stereocenters. The van der Waals surface area contributed by atoms with Crippen molar-refractivity contribution in [3.63, 3.8) is 0 Å². The highest BCUT2D eigenvalue weighted by Gasteiger charge is 2.51. The summed E-state index contributed by atoms with van der Waals surface area (Å²) in [6.45, 7) is 5.37. The summed E-state index contributed by atoms with van der Waals surface area (Å²) in [5, 5.41) is 1.88. The van der Waals surface area contributed by atoms with Crippen LogP contribution < -0.4 is 0 Å². The van der Waals surface area contributed by atoms with Crippen LogP contribution in [-0.4, -0.2) is 49.3 Å². The zero-order valence-electron chi connectivity index (χ0n) is 15.1. The number of thiophene rings is 1. The Morgan fingerprint density at radius 3 is 2.76 bits per heavy atom. The Labute approximate surface area is 156 Å². The Morgan fingerprint density at radius 1 is 1.24 bits per heavy atom. The van der Waals surface area contributed by atoms with Crippen molar-refractivity contribution in [2.24, 2.45) is 11.8 Å². The van der Waals surface area contributed by atoms with Crippen molar-refractivity contribution in [3.05, 3.63) is 17.5 Å². The van der Waals surface area contributed by atoms with Crippen molar-refractivity contribution >= 4 is 21.4 Å². The number of sulfonamides is 1. The zero-order chi connectivity index (χ0) is 17.4. The topological polar surface area (TPSA) is 40.6 Å². The maximum Gasteiger partial charge on any atom is 0.252 e. The van der Waals surface area contributed by atoms with Gasteiger partial charge in [0.05, 0.1) is 0 Å². The first-order valence-electron chi connectivity index (χ1n) is 9.92. The van der Waals surface area contributed by atoms with Crippen molar-refractivity contribution < 1.29 is 8.42 Å². The van der Waals surface area contributed by atoms with Gasteiger partial charge in [-0.15, -0.1) is 11.3 Å². The molecule has 3 saturated heterocycles. The molecular formula is C19H30N2O2S2. The highest BCUT2D eigenvalue weighted by atomic mass is 32.2. The minimum Gasteiger partial charge on any atom is -0.300 e. The largest absolute Gasteiger partial charge is 0.300 e. The van der Waals surface area contributed by atoms with E-state index in [2.05, 4.69) is 11.8 Å². The van der Waals surface area contributed by atoms with Gasteiger partial charge in [0, 0.05) is 18.6 Å². The van der Waals surface area contributed by atoms with Crippen LogP contribution in [-0.2, 0) is 10.0 Å². The molecule has 3 aliphatic rings. The lowest BCUT2D eigenvalue weighted by Gasteiger charge is -2.57. The molecule has 4 rings (SSSR count). The second kappa shape index (κ2) is 7.29. The fraction of sp³-hybridized carbons (Fsp3) is 0.789. The van der Waals surface area contributed by atoms with E-state index in [0.29, 0.717) is 22.1 Å². The number of hydrogen-bond donors (Lipinski definition) is 0. The minimum absolute atomic E-state index is 0.189. The Morgan fingerprint density at radius 2 is 2.04 bits per heavy atom. The van der Waals surface area contributed by atoms with Gasteiger partial charge in [0.15, 0.2) is 0 Å². The summed E-state index contributed by atoms with van der Waals surface area (Å²) in [6.07, 6.45) is 8.10. The third-order valence-corrected chi connectivity index (χ3v) is 9.80. The lowest BCUT2D eigenvalue weighted by molar-refractivity contribution is -0.0523. The molecule has 25 heavy (non-hydrogen) atoms. The molecule has 0 spiro atoms. The molecule has 6 heteroatoms. The van der Waals surface area contributed by atoms with Crippen molar-refractivity contribution in [1.29, 1.82) is 0 Å². The third kappa shape index (κ3) is 3.20. The summed E-state index contributed by atoms with van der Waals surface area (Å²) in [4.78, 5) is 2.69. The second-order valence-corrected chi connectivity index (χ2v) is 11.0. The van der Waals surface area contributed by atoms with Crippen LogP contribution in [0.4, 0.5) is 0 Å². The Balaban J connectivity index is 1.69. The Bertz CT molecular complexity index is 672. The number of piperidine rings is 3. The molecule has 0 amide bonds. The van der Waals surface area contributed by atoms with Crippen LogP contribution >= 0.6 is 11.3 Å². The fourth-order valence-electron chi connectivity index (χ4n) is 5.53. The smallest absolute Gasteiger partial charge is 0.252 e. The van der Waals surface area contributed by atoms with Crippen molar-refractivity contribution in [3.8, 4) is 0 Å². The summed E-state index contributed by atoms with van der Waals surface area (Å²) < 4.78 is 29.2. The number of unbranched alkanes of at least 4 members (excludes halogenated alkanes) is 1. The maximum atomic E-state index is 13.4. The van der Waals surface area contributed by atoms with Gasteiger partial charge in [0.25, 0.3) is 10.0 Å². The summed E-state index contributed by atoms with van der Waals surface area (Å²) in [5.41, 5.74) is 0. The normalized spacial score (nSPS) is 34.0. The SMILES string of the molecule is CCCC[C@@H]1[C@H]2CCCN3CCC[C@@H](CN1S(=O)(=O)c1cccs1)[C@@H]23. The highest BCUT2D eigenvalue weighted by Crippen LogP contribution is 2.45. The Kier molecular flexibility index (Phi) is 5.24. The van der Waals surface area contributed by atoms with Crippen LogP contribution in [0.5, 0.6) is 0 Å². The van der Waals surface area contributed by atoms with Crippen LogP contribution in [0.2, 0.25) is 0 Å². The average Bonchev–Trinajstić information content (AvgIpc) is 3.16. The molecule has 1 aromatic heterocycles. The van der Waals surface area contributed by atoms with E-state index in [9.17, 15) is 8.42 Å². The van der Waals surface area contributed by atoms with Gasteiger partial charge in [-0.25, -0.2) is 8.42 Å². The third-order valence-electron chi connectivity index (χ3n) is 6.54. The molecule has 4 heterocycles. The van der Waals surface area contributed by atoms with E-state index in [1.165, 1.54) is 50.1 Å². The number of rotatable bonds is 5. The monoisotopic (exact) mass is 382 g/mol. The summed E-state index contributed by atoms with van der Waals surface area (Å²) in [5.74, 6) is 1.04. The first-order chi connectivity index (χ1) is 12.1. The van der Waals surface area contributed by atoms with Crippen molar-refractivity contribution in [2.45, 2.75) is 68.2 Å². The van der Waals surface area contributed by atoms with Crippen LogP contribution in [0.1, 0.15) is 51.9 Å². The molecule has 4 nitrogen and oxygen atoms in total. The van der Waals surface area contributed by atoms with Gasteiger partial charge in [-0.2, -0.15) is 4.31 Å². The van der Waals surface area contributed by atoms with Gasteiger partial charge >= 0.3 is 0 Å². The lowest BCUT2D eigenvalue weighted by atomic mass is 9.70. The molecule has 0 saturated carbocycles. The molecule has 0 radical (unpaired) electrons. The first kappa shape index (κ1) is 18.0. The van der Waals surface area contributed by atoms with Crippen molar-refractivity contribution in [2.75, 3.05) is 19.6 Å². The molecule has 1 aromatic rings. The molecular weight excluding hydrogens is 352 g/mol. The van der Waals surface area contributed by atoms with E-state index in [-0.39, 0.29) is 6.04 Å². The van der Waals surface area contributed by atoms with Crippen LogP contribution in [0, 0.1) is 11.8 Å². The van der Waals surface area contributed by atoms with E-state index in [0.717, 1.165) is 25.8 Å². The van der Waals surface area contributed by atoms with E-state index >= 15 is 0 Å². The summed E-state index contributed by atoms with van der Waals surface area (Å²) in [6, 6.07) is 4.44. The zero-order valence-corrected chi connectivity index (χ0v) is 16.8. The molecule has 0 aliphatic carbocycles. The fourth-order valence-corrected chi connectivity index (χ4v) is 8.41. The van der Waals surface area contributed by atoms with E-state index in [1.807, 2.05) is 15.8 Å². The molecule has 0 N–H and O–H groups in total. The van der Waals surface area contributed by atoms with Gasteiger partial charge in [-0.05, 0) is 68.5 Å². The quantitative estimate of drug-likeness (QED) is 0.778. The summed E-state index contributed by atoms with van der Waals surface area (Å²) in [7, 11) is -3.35. The maximum absolute atomic E-state index is 13.4. The molecule has 0 aromatic carbocycles. The molecule has 3 aliphatic heterocycles. The molecule has 140 valence electrons. The molecule has 0 bridgehead atoms. The van der Waals surface area contributed by atoms with Gasteiger partial charge in [-0.3, -0.25) is 4.90 Å². The van der Waals surface area contributed by atoms with Gasteiger partial charge in [-0.1, -0.05) is 25.8 Å². The van der Waals surface area contributed by atoms with E-state index in [4.69, 9.17) is 0 Å². The van der Waals surface area contributed by atoms with Gasteiger partial charge in [0.2, 0.25) is 0 Å². The average molecular weight is 383 g/mol. The highest BCUT2D eigenvalue weighted by molar-refractivity contribution is 7.91. The van der Waals surface area contributed by atoms with Crippen LogP contribution in [0.15, 0.2) is 21.7 Å². The van der Waals surface area contributed by atoms with Crippen LogP contribution in [0.3, 0.4) is 0 Å². The van der Waals surface area contributed by atoms with Crippen LogP contribution in [0.25, 0.3) is 0 Å². The number of nitrogens with zero attached hydrogens (tertiary/aromatic N) is 2. The predicted octanol–water partition coefficient (Wildman–Crippen LogP) is 3.80. The molecule has 3 fully saturated rings. The van der Waals surface area contributed by atoms with Crippen molar-refractivity contribution in [1.82, 2.24) is 9.21 Å². The van der Waals surface area contributed by atoms with Gasteiger partial charge < -0.3 is 0 Å².